The highest BCUT2D eigenvalue weighted by Gasteiger charge is 2.32. The summed E-state index contributed by atoms with van der Waals surface area (Å²) in [6.45, 7) is 2.90. The SMILES string of the molecule is COc1ccc(-c2nc3c(n2C(C)=O)SC(c2ccccc2)=NN3C(C)=O)cc1. The van der Waals surface area contributed by atoms with Gasteiger partial charge in [0.1, 0.15) is 21.6 Å². The number of imidazole rings is 1. The number of amides is 1. The molecule has 0 saturated heterocycles. The van der Waals surface area contributed by atoms with Gasteiger partial charge in [-0.05, 0) is 36.0 Å². The van der Waals surface area contributed by atoms with Gasteiger partial charge in [0, 0.05) is 25.0 Å². The average molecular weight is 406 g/mol. The number of rotatable bonds is 3. The van der Waals surface area contributed by atoms with Crippen molar-refractivity contribution in [3.05, 3.63) is 60.2 Å². The van der Waals surface area contributed by atoms with Crippen LogP contribution in [0.1, 0.15) is 24.2 Å². The lowest BCUT2D eigenvalue weighted by Crippen LogP contribution is -2.28. The Bertz CT molecular complexity index is 1120. The molecule has 0 bridgehead atoms. The number of hydrazone groups is 1. The van der Waals surface area contributed by atoms with E-state index in [1.165, 1.54) is 35.2 Å². The lowest BCUT2D eigenvalue weighted by molar-refractivity contribution is -0.116. The standard InChI is InChI=1S/C21H18N4O3S/c1-13(26)24-18(15-9-11-17(28-3)12-10-15)22-19-21(24)29-20(23-25(19)14(2)27)16-7-5-4-6-8-16/h4-12H,1-3H3. The monoisotopic (exact) mass is 406 g/mol. The van der Waals surface area contributed by atoms with E-state index in [4.69, 9.17) is 4.74 Å². The zero-order valence-corrected chi connectivity index (χ0v) is 16.9. The minimum Gasteiger partial charge on any atom is -0.497 e. The third kappa shape index (κ3) is 3.42. The van der Waals surface area contributed by atoms with Gasteiger partial charge in [-0.25, -0.2) is 4.98 Å². The minimum atomic E-state index is -0.283. The number of anilines is 1. The van der Waals surface area contributed by atoms with Crippen molar-refractivity contribution < 1.29 is 14.3 Å². The smallest absolute Gasteiger partial charge is 0.245 e. The fourth-order valence-corrected chi connectivity index (χ4v) is 4.11. The maximum Gasteiger partial charge on any atom is 0.245 e. The Morgan fingerprint density at radius 1 is 0.931 bits per heavy atom. The number of hydrogen-bond acceptors (Lipinski definition) is 6. The molecule has 0 radical (unpaired) electrons. The van der Waals surface area contributed by atoms with Crippen LogP contribution < -0.4 is 9.75 Å². The van der Waals surface area contributed by atoms with E-state index in [1.807, 2.05) is 42.5 Å². The van der Waals surface area contributed by atoms with Crippen LogP contribution >= 0.6 is 11.8 Å². The second-order valence-corrected chi connectivity index (χ2v) is 7.33. The molecule has 0 aliphatic carbocycles. The molecule has 8 heteroatoms. The molecule has 1 aliphatic rings. The normalized spacial score (nSPS) is 12.9. The Balaban J connectivity index is 1.88. The first kappa shape index (κ1) is 18.9. The van der Waals surface area contributed by atoms with Crippen molar-refractivity contribution in [2.45, 2.75) is 18.9 Å². The number of ether oxygens (including phenoxy) is 1. The highest BCUT2D eigenvalue weighted by molar-refractivity contribution is 8.14. The second-order valence-electron chi connectivity index (χ2n) is 6.35. The minimum absolute atomic E-state index is 0.199. The van der Waals surface area contributed by atoms with Gasteiger partial charge in [0.05, 0.1) is 7.11 Å². The number of aromatic nitrogens is 2. The predicted molar refractivity (Wildman–Crippen MR) is 113 cm³/mol. The van der Waals surface area contributed by atoms with Gasteiger partial charge in [-0.3, -0.25) is 14.2 Å². The molecule has 29 heavy (non-hydrogen) atoms. The first-order valence-electron chi connectivity index (χ1n) is 8.90. The molecule has 0 saturated carbocycles. The molecular formula is C21H18N4O3S. The van der Waals surface area contributed by atoms with Gasteiger partial charge in [-0.15, -0.1) is 0 Å². The first-order valence-corrected chi connectivity index (χ1v) is 9.72. The molecule has 1 aromatic heterocycles. The van der Waals surface area contributed by atoms with Gasteiger partial charge in [0.2, 0.25) is 11.8 Å². The third-order valence-electron chi connectivity index (χ3n) is 4.38. The molecule has 2 heterocycles. The number of thioether (sulfide) groups is 1. The Morgan fingerprint density at radius 3 is 2.21 bits per heavy atom. The van der Waals surface area contributed by atoms with E-state index in [0.29, 0.717) is 27.5 Å². The number of hydrogen-bond donors (Lipinski definition) is 0. The Morgan fingerprint density at radius 2 is 1.62 bits per heavy atom. The average Bonchev–Trinajstić information content (AvgIpc) is 3.13. The molecule has 4 rings (SSSR count). The highest BCUT2D eigenvalue weighted by Crippen LogP contribution is 2.40. The third-order valence-corrected chi connectivity index (χ3v) is 5.45. The summed E-state index contributed by atoms with van der Waals surface area (Å²) in [7, 11) is 1.59. The molecule has 2 aromatic carbocycles. The fraction of sp³-hybridized carbons (Fsp3) is 0.143. The van der Waals surface area contributed by atoms with Gasteiger partial charge in [0.15, 0.2) is 5.82 Å². The van der Waals surface area contributed by atoms with Crippen molar-refractivity contribution >= 4 is 34.4 Å². The molecule has 0 atom stereocenters. The molecule has 0 fully saturated rings. The van der Waals surface area contributed by atoms with Crippen LogP contribution in [-0.4, -0.2) is 33.5 Å². The molecule has 3 aromatic rings. The lowest BCUT2D eigenvalue weighted by Gasteiger charge is -2.21. The molecule has 1 amide bonds. The zero-order valence-electron chi connectivity index (χ0n) is 16.1. The summed E-state index contributed by atoms with van der Waals surface area (Å²) >= 11 is 1.32. The van der Waals surface area contributed by atoms with E-state index in [9.17, 15) is 9.59 Å². The molecular weight excluding hydrogens is 388 g/mol. The predicted octanol–water partition coefficient (Wildman–Crippen LogP) is 4.04. The van der Waals surface area contributed by atoms with E-state index in [-0.39, 0.29) is 11.8 Å². The highest BCUT2D eigenvalue weighted by atomic mass is 32.2. The van der Waals surface area contributed by atoms with Crippen LogP contribution in [0.5, 0.6) is 5.75 Å². The molecule has 1 aliphatic heterocycles. The van der Waals surface area contributed by atoms with Gasteiger partial charge in [-0.1, -0.05) is 30.3 Å². The van der Waals surface area contributed by atoms with Crippen molar-refractivity contribution in [2.24, 2.45) is 5.10 Å². The number of fused-ring (bicyclic) bond motifs is 1. The van der Waals surface area contributed by atoms with Crippen LogP contribution in [0.2, 0.25) is 0 Å². The van der Waals surface area contributed by atoms with Gasteiger partial charge >= 0.3 is 0 Å². The summed E-state index contributed by atoms with van der Waals surface area (Å²) in [5.74, 6) is 1.02. The first-order chi connectivity index (χ1) is 14.0. The van der Waals surface area contributed by atoms with Crippen molar-refractivity contribution in [3.8, 4) is 17.1 Å². The molecule has 0 unspecified atom stereocenters. The lowest BCUT2D eigenvalue weighted by atomic mass is 10.2. The molecule has 0 N–H and O–H groups in total. The number of benzene rings is 2. The molecule has 0 spiro atoms. The molecule has 146 valence electrons. The quantitative estimate of drug-likeness (QED) is 0.656. The van der Waals surface area contributed by atoms with Gasteiger partial charge in [-0.2, -0.15) is 10.1 Å². The van der Waals surface area contributed by atoms with Crippen LogP contribution in [0.4, 0.5) is 5.82 Å². The van der Waals surface area contributed by atoms with E-state index in [2.05, 4.69) is 10.1 Å². The van der Waals surface area contributed by atoms with Crippen molar-refractivity contribution in [1.29, 1.82) is 0 Å². The van der Waals surface area contributed by atoms with Crippen molar-refractivity contribution in [3.63, 3.8) is 0 Å². The second kappa shape index (κ2) is 7.56. The van der Waals surface area contributed by atoms with E-state index in [0.717, 1.165) is 11.1 Å². The van der Waals surface area contributed by atoms with Crippen molar-refractivity contribution in [2.75, 3.05) is 12.1 Å². The maximum absolute atomic E-state index is 12.6. The fourth-order valence-electron chi connectivity index (χ4n) is 3.02. The Hall–Kier alpha value is -3.39. The van der Waals surface area contributed by atoms with Gasteiger partial charge in [0.25, 0.3) is 0 Å². The summed E-state index contributed by atoms with van der Waals surface area (Å²) < 4.78 is 6.73. The summed E-state index contributed by atoms with van der Waals surface area (Å²) in [5.41, 5.74) is 1.59. The number of methoxy groups -OCH3 is 1. The van der Waals surface area contributed by atoms with Crippen LogP contribution in [0, 0.1) is 0 Å². The van der Waals surface area contributed by atoms with E-state index < -0.39 is 0 Å². The van der Waals surface area contributed by atoms with Crippen molar-refractivity contribution in [1.82, 2.24) is 9.55 Å². The number of nitrogens with zero attached hydrogens (tertiary/aromatic N) is 4. The number of carbonyl (C=O) groups is 2. The van der Waals surface area contributed by atoms with Crippen LogP contribution in [-0.2, 0) is 4.79 Å². The van der Waals surface area contributed by atoms with Crippen LogP contribution in [0.15, 0.2) is 64.7 Å². The maximum atomic E-state index is 12.6. The topological polar surface area (TPSA) is 76.8 Å². The summed E-state index contributed by atoms with van der Waals surface area (Å²) in [4.78, 5) is 29.5. The van der Waals surface area contributed by atoms with E-state index in [1.54, 1.807) is 19.2 Å². The van der Waals surface area contributed by atoms with Gasteiger partial charge < -0.3 is 4.74 Å². The summed E-state index contributed by atoms with van der Waals surface area (Å²) in [6.07, 6.45) is 0. The van der Waals surface area contributed by atoms with Crippen LogP contribution in [0.3, 0.4) is 0 Å². The Labute approximate surface area is 172 Å². The Kier molecular flexibility index (Phi) is 4.94. The largest absolute Gasteiger partial charge is 0.497 e. The van der Waals surface area contributed by atoms with Crippen LogP contribution in [0.25, 0.3) is 11.4 Å². The summed E-state index contributed by atoms with van der Waals surface area (Å²) in [5, 5.41) is 6.92. The molecule has 7 nitrogen and oxygen atoms in total. The number of carbonyl (C=O) groups excluding carboxylic acids is 2. The zero-order chi connectivity index (χ0) is 20.5. The van der Waals surface area contributed by atoms with E-state index >= 15 is 0 Å². The summed E-state index contributed by atoms with van der Waals surface area (Å²) in [6, 6.07) is 16.8.